The molecule has 0 aliphatic carbocycles. The molecule has 94 valence electrons. The van der Waals surface area contributed by atoms with E-state index in [9.17, 15) is 4.79 Å². The van der Waals surface area contributed by atoms with E-state index in [1.165, 1.54) is 6.07 Å². The number of fused-ring (bicyclic) bond motifs is 1. The second-order valence-electron chi connectivity index (χ2n) is 4.63. The van der Waals surface area contributed by atoms with Gasteiger partial charge in [-0.25, -0.2) is 4.79 Å². The van der Waals surface area contributed by atoms with Crippen LogP contribution in [0.5, 0.6) is 5.75 Å². The van der Waals surface area contributed by atoms with Gasteiger partial charge in [0.2, 0.25) is 0 Å². The van der Waals surface area contributed by atoms with Crippen LogP contribution >= 0.6 is 0 Å². The topological polar surface area (TPSA) is 52.0 Å². The van der Waals surface area contributed by atoms with Crippen LogP contribution in [0.1, 0.15) is 11.1 Å². The summed E-state index contributed by atoms with van der Waals surface area (Å²) in [5.41, 5.74) is 2.14. The quantitative estimate of drug-likeness (QED) is 0.615. The lowest BCUT2D eigenvalue weighted by molar-refractivity contribution is 0.262. The molecule has 2 heterocycles. The third-order valence-electron chi connectivity index (χ3n) is 3.07. The highest BCUT2D eigenvalue weighted by Crippen LogP contribution is 2.27. The van der Waals surface area contributed by atoms with Crippen LogP contribution in [-0.4, -0.2) is 19.3 Å². The van der Waals surface area contributed by atoms with E-state index >= 15 is 0 Å². The highest BCUT2D eigenvalue weighted by atomic mass is 16.6. The van der Waals surface area contributed by atoms with E-state index in [0.29, 0.717) is 12.2 Å². The minimum atomic E-state index is -0.320. The van der Waals surface area contributed by atoms with Crippen LogP contribution in [0.15, 0.2) is 27.4 Å². The third kappa shape index (κ3) is 2.11. The number of hydrogen-bond donors (Lipinski definition) is 0. The highest BCUT2D eigenvalue weighted by molar-refractivity contribution is 5.82. The largest absolute Gasteiger partial charge is 0.490 e. The summed E-state index contributed by atoms with van der Waals surface area (Å²) < 4.78 is 16.0. The zero-order chi connectivity index (χ0) is 12.7. The average molecular weight is 246 g/mol. The monoisotopic (exact) mass is 246 g/mol. The Bertz CT molecular complexity index is 653. The van der Waals surface area contributed by atoms with Crippen molar-refractivity contribution in [2.75, 3.05) is 13.2 Å². The summed E-state index contributed by atoms with van der Waals surface area (Å²) in [7, 11) is 0. The number of ether oxygens (including phenoxy) is 2. The van der Waals surface area contributed by atoms with Crippen molar-refractivity contribution in [1.82, 2.24) is 0 Å². The Morgan fingerprint density at radius 3 is 2.78 bits per heavy atom. The Labute approximate surface area is 104 Å². The Morgan fingerprint density at radius 2 is 2.06 bits per heavy atom. The molecule has 1 saturated heterocycles. The minimum Gasteiger partial charge on any atom is -0.490 e. The Morgan fingerprint density at radius 1 is 1.28 bits per heavy atom. The van der Waals surface area contributed by atoms with Crippen LogP contribution < -0.4 is 10.4 Å². The minimum absolute atomic E-state index is 0.231. The predicted molar refractivity (Wildman–Crippen MR) is 67.2 cm³/mol. The van der Waals surface area contributed by atoms with E-state index in [0.717, 1.165) is 28.9 Å². The Kier molecular flexibility index (Phi) is 2.59. The van der Waals surface area contributed by atoms with Crippen molar-refractivity contribution in [3.8, 4) is 5.75 Å². The number of epoxide rings is 1. The molecule has 1 aliphatic rings. The molecule has 0 saturated carbocycles. The van der Waals surface area contributed by atoms with Crippen LogP contribution in [0.3, 0.4) is 0 Å². The normalized spacial score (nSPS) is 18.0. The molecule has 0 amide bonds. The van der Waals surface area contributed by atoms with Gasteiger partial charge in [0.15, 0.2) is 0 Å². The molecule has 1 unspecified atom stereocenters. The number of hydrogen-bond acceptors (Lipinski definition) is 4. The first-order chi connectivity index (χ1) is 8.63. The van der Waals surface area contributed by atoms with Crippen LogP contribution in [0.25, 0.3) is 11.0 Å². The van der Waals surface area contributed by atoms with E-state index in [-0.39, 0.29) is 11.7 Å². The fraction of sp³-hybridized carbons (Fsp3) is 0.357. The van der Waals surface area contributed by atoms with Crippen LogP contribution in [0.2, 0.25) is 0 Å². The lowest BCUT2D eigenvalue weighted by Gasteiger charge is -2.09. The van der Waals surface area contributed by atoms with Gasteiger partial charge >= 0.3 is 5.63 Å². The van der Waals surface area contributed by atoms with Gasteiger partial charge in [-0.3, -0.25) is 0 Å². The van der Waals surface area contributed by atoms with E-state index in [1.807, 2.05) is 26.0 Å². The zero-order valence-electron chi connectivity index (χ0n) is 10.4. The van der Waals surface area contributed by atoms with Gasteiger partial charge in [-0.05, 0) is 37.1 Å². The smallest absolute Gasteiger partial charge is 0.336 e. The Balaban J connectivity index is 2.04. The van der Waals surface area contributed by atoms with E-state index in [1.54, 1.807) is 0 Å². The van der Waals surface area contributed by atoms with Gasteiger partial charge in [-0.2, -0.15) is 0 Å². The maximum Gasteiger partial charge on any atom is 0.336 e. The first kappa shape index (κ1) is 11.3. The van der Waals surface area contributed by atoms with Crippen molar-refractivity contribution in [1.29, 1.82) is 0 Å². The molecule has 0 radical (unpaired) electrons. The van der Waals surface area contributed by atoms with E-state index in [4.69, 9.17) is 13.9 Å². The maximum atomic E-state index is 11.3. The van der Waals surface area contributed by atoms with Crippen molar-refractivity contribution in [3.05, 3.63) is 39.7 Å². The standard InChI is InChI=1S/C14H14O4/c1-8-4-14(15)18-13-3-9(2)12(5-11(8)13)17-7-10-6-16-10/h3-5,10H,6-7H2,1-2H3. The molecule has 1 aromatic carbocycles. The van der Waals surface area contributed by atoms with Gasteiger partial charge in [0.05, 0.1) is 6.61 Å². The van der Waals surface area contributed by atoms with Crippen molar-refractivity contribution >= 4 is 11.0 Å². The molecule has 0 spiro atoms. The van der Waals surface area contributed by atoms with Crippen molar-refractivity contribution in [2.24, 2.45) is 0 Å². The van der Waals surface area contributed by atoms with Gasteiger partial charge in [0, 0.05) is 11.5 Å². The average Bonchev–Trinajstić information content (AvgIpc) is 3.10. The molecule has 0 bridgehead atoms. The number of aryl methyl sites for hydroxylation is 2. The lowest BCUT2D eigenvalue weighted by atomic mass is 10.1. The molecule has 4 nitrogen and oxygen atoms in total. The summed E-state index contributed by atoms with van der Waals surface area (Å²) in [6.07, 6.45) is 0.231. The first-order valence-electron chi connectivity index (χ1n) is 5.93. The second-order valence-corrected chi connectivity index (χ2v) is 4.63. The van der Waals surface area contributed by atoms with Crippen molar-refractivity contribution < 1.29 is 13.9 Å². The first-order valence-corrected chi connectivity index (χ1v) is 5.93. The molecule has 18 heavy (non-hydrogen) atoms. The third-order valence-corrected chi connectivity index (χ3v) is 3.07. The maximum absolute atomic E-state index is 11.3. The van der Waals surface area contributed by atoms with Gasteiger partial charge in [-0.15, -0.1) is 0 Å². The molecule has 0 N–H and O–H groups in total. The predicted octanol–water partition coefficient (Wildman–Crippen LogP) is 2.19. The summed E-state index contributed by atoms with van der Waals surface area (Å²) in [6, 6.07) is 5.25. The molecule has 1 aliphatic heterocycles. The van der Waals surface area contributed by atoms with Crippen molar-refractivity contribution in [3.63, 3.8) is 0 Å². The molecular weight excluding hydrogens is 232 g/mol. The number of rotatable bonds is 3. The summed E-state index contributed by atoms with van der Waals surface area (Å²) in [6.45, 7) is 5.18. The zero-order valence-corrected chi connectivity index (χ0v) is 10.4. The summed E-state index contributed by atoms with van der Waals surface area (Å²) in [5, 5.41) is 0.909. The molecule has 3 rings (SSSR count). The van der Waals surface area contributed by atoms with Gasteiger partial charge in [0.25, 0.3) is 0 Å². The highest BCUT2D eigenvalue weighted by Gasteiger charge is 2.23. The second kappa shape index (κ2) is 4.14. The fourth-order valence-electron chi connectivity index (χ4n) is 1.95. The molecule has 4 heteroatoms. The molecule has 1 aromatic heterocycles. The summed E-state index contributed by atoms with van der Waals surface area (Å²) in [5.74, 6) is 0.815. The van der Waals surface area contributed by atoms with Crippen molar-refractivity contribution in [2.45, 2.75) is 20.0 Å². The molecule has 2 aromatic rings. The van der Waals surface area contributed by atoms with Gasteiger partial charge < -0.3 is 13.9 Å². The van der Waals surface area contributed by atoms with Crippen LogP contribution in [0.4, 0.5) is 0 Å². The van der Waals surface area contributed by atoms with Crippen LogP contribution in [-0.2, 0) is 4.74 Å². The summed E-state index contributed by atoms with van der Waals surface area (Å²) in [4.78, 5) is 11.3. The fourth-order valence-corrected chi connectivity index (χ4v) is 1.95. The van der Waals surface area contributed by atoms with E-state index in [2.05, 4.69) is 0 Å². The van der Waals surface area contributed by atoms with Crippen LogP contribution in [0, 0.1) is 13.8 Å². The SMILES string of the molecule is Cc1cc2oc(=O)cc(C)c2cc1OCC1CO1. The van der Waals surface area contributed by atoms with E-state index < -0.39 is 0 Å². The molecule has 1 fully saturated rings. The summed E-state index contributed by atoms with van der Waals surface area (Å²) >= 11 is 0. The lowest BCUT2D eigenvalue weighted by Crippen LogP contribution is -2.05. The Hall–Kier alpha value is -1.81. The van der Waals surface area contributed by atoms with Gasteiger partial charge in [0.1, 0.15) is 24.0 Å². The number of benzene rings is 1. The molecular formula is C14H14O4. The molecule has 1 atom stereocenters. The van der Waals surface area contributed by atoms with Gasteiger partial charge in [-0.1, -0.05) is 0 Å².